The lowest BCUT2D eigenvalue weighted by molar-refractivity contribution is -0.137. The Morgan fingerprint density at radius 2 is 1.70 bits per heavy atom. The summed E-state index contributed by atoms with van der Waals surface area (Å²) < 4.78 is 38.8. The number of aliphatic hydroxyl groups is 1. The zero-order valence-electron chi connectivity index (χ0n) is 18.3. The predicted molar refractivity (Wildman–Crippen MR) is 127 cm³/mol. The van der Waals surface area contributed by atoms with Crippen LogP contribution in [0.25, 0.3) is 11.1 Å². The number of aliphatic hydroxyl groups excluding tert-OH is 1. The standard InChI is InChI=1S/C26H24ClF3N2O/c1-25(2)11-12-32(19-8-9-20(22(27)14-19)23(31)15-33)24-10-5-17(13-21(24)25)16-3-6-18(7-4-16)26(28,29)30/h3-10,13-14,31,33H,11-12,15H2,1-2H3. The van der Waals surface area contributed by atoms with Crippen molar-refractivity contribution in [3.63, 3.8) is 0 Å². The summed E-state index contributed by atoms with van der Waals surface area (Å²) in [5, 5.41) is 17.5. The fourth-order valence-electron chi connectivity index (χ4n) is 4.26. The highest BCUT2D eigenvalue weighted by atomic mass is 35.5. The van der Waals surface area contributed by atoms with E-state index in [4.69, 9.17) is 17.0 Å². The van der Waals surface area contributed by atoms with E-state index in [1.54, 1.807) is 12.1 Å². The molecule has 0 aromatic heterocycles. The van der Waals surface area contributed by atoms with Gasteiger partial charge < -0.3 is 15.4 Å². The average Bonchev–Trinajstić information content (AvgIpc) is 2.78. The molecule has 4 rings (SSSR count). The van der Waals surface area contributed by atoms with Gasteiger partial charge in [-0.25, -0.2) is 0 Å². The molecule has 33 heavy (non-hydrogen) atoms. The van der Waals surface area contributed by atoms with Crippen molar-refractivity contribution in [1.29, 1.82) is 5.41 Å². The van der Waals surface area contributed by atoms with Gasteiger partial charge in [-0.2, -0.15) is 13.2 Å². The van der Waals surface area contributed by atoms with Crippen LogP contribution in [0.15, 0.2) is 60.7 Å². The van der Waals surface area contributed by atoms with Crippen molar-refractivity contribution in [2.45, 2.75) is 31.9 Å². The van der Waals surface area contributed by atoms with Gasteiger partial charge >= 0.3 is 6.18 Å². The number of benzene rings is 3. The number of hydrogen-bond acceptors (Lipinski definition) is 3. The summed E-state index contributed by atoms with van der Waals surface area (Å²) >= 11 is 6.40. The molecule has 0 saturated heterocycles. The maximum absolute atomic E-state index is 12.9. The molecule has 0 bridgehead atoms. The molecule has 0 spiro atoms. The van der Waals surface area contributed by atoms with E-state index in [1.165, 1.54) is 12.1 Å². The van der Waals surface area contributed by atoms with E-state index in [-0.39, 0.29) is 17.7 Å². The highest BCUT2D eigenvalue weighted by Crippen LogP contribution is 2.45. The number of hydrogen-bond donors (Lipinski definition) is 2. The molecule has 0 saturated carbocycles. The van der Waals surface area contributed by atoms with Crippen molar-refractivity contribution < 1.29 is 18.3 Å². The number of halogens is 4. The van der Waals surface area contributed by atoms with Crippen LogP contribution in [0.1, 0.15) is 37.0 Å². The van der Waals surface area contributed by atoms with Crippen LogP contribution in [0.4, 0.5) is 24.5 Å². The second-order valence-corrected chi connectivity index (χ2v) is 9.30. The first kappa shape index (κ1) is 23.3. The van der Waals surface area contributed by atoms with Gasteiger partial charge in [0.15, 0.2) is 0 Å². The Labute approximate surface area is 195 Å². The van der Waals surface area contributed by atoms with E-state index in [9.17, 15) is 18.3 Å². The van der Waals surface area contributed by atoms with Crippen LogP contribution >= 0.6 is 11.6 Å². The minimum atomic E-state index is -4.36. The second-order valence-electron chi connectivity index (χ2n) is 8.89. The maximum Gasteiger partial charge on any atom is 0.416 e. The molecule has 0 unspecified atom stereocenters. The Bertz CT molecular complexity index is 1200. The lowest BCUT2D eigenvalue weighted by Crippen LogP contribution is -2.34. The lowest BCUT2D eigenvalue weighted by atomic mass is 9.76. The minimum absolute atomic E-state index is 0.0629. The van der Waals surface area contributed by atoms with Gasteiger partial charge in [-0.3, -0.25) is 0 Å². The highest BCUT2D eigenvalue weighted by Gasteiger charge is 2.33. The van der Waals surface area contributed by atoms with Crippen LogP contribution in [0.5, 0.6) is 0 Å². The Hall–Kier alpha value is -2.83. The number of alkyl halides is 3. The summed E-state index contributed by atoms with van der Waals surface area (Å²) in [6.45, 7) is 4.72. The van der Waals surface area contributed by atoms with Crippen molar-refractivity contribution in [3.05, 3.63) is 82.4 Å². The molecule has 3 aromatic carbocycles. The van der Waals surface area contributed by atoms with E-state index < -0.39 is 11.7 Å². The van der Waals surface area contributed by atoms with Gasteiger partial charge in [-0.15, -0.1) is 0 Å². The number of fused-ring (bicyclic) bond motifs is 1. The van der Waals surface area contributed by atoms with Gasteiger partial charge in [-0.1, -0.05) is 43.6 Å². The van der Waals surface area contributed by atoms with Crippen molar-refractivity contribution in [2.75, 3.05) is 18.1 Å². The maximum atomic E-state index is 12.9. The molecule has 172 valence electrons. The Balaban J connectivity index is 1.73. The molecule has 0 atom stereocenters. The summed E-state index contributed by atoms with van der Waals surface area (Å²) in [5.74, 6) is 0. The molecular weight excluding hydrogens is 449 g/mol. The van der Waals surface area contributed by atoms with Crippen LogP contribution in [-0.4, -0.2) is 24.0 Å². The topological polar surface area (TPSA) is 47.3 Å². The predicted octanol–water partition coefficient (Wildman–Crippen LogP) is 7.21. The van der Waals surface area contributed by atoms with Crippen LogP contribution in [-0.2, 0) is 11.6 Å². The number of nitrogens with zero attached hydrogens (tertiary/aromatic N) is 1. The van der Waals surface area contributed by atoms with E-state index in [2.05, 4.69) is 24.8 Å². The highest BCUT2D eigenvalue weighted by molar-refractivity contribution is 6.34. The number of rotatable bonds is 4. The molecule has 0 aliphatic carbocycles. The van der Waals surface area contributed by atoms with Crippen LogP contribution in [0, 0.1) is 5.41 Å². The quantitative estimate of drug-likeness (QED) is 0.394. The Kier molecular flexibility index (Phi) is 6.01. The smallest absolute Gasteiger partial charge is 0.390 e. The largest absolute Gasteiger partial charge is 0.416 e. The molecule has 1 aliphatic rings. The first-order chi connectivity index (χ1) is 15.5. The molecule has 0 radical (unpaired) electrons. The summed E-state index contributed by atoms with van der Waals surface area (Å²) in [4.78, 5) is 2.16. The molecule has 7 heteroatoms. The normalized spacial score (nSPS) is 15.3. The Morgan fingerprint density at radius 1 is 1.03 bits per heavy atom. The third-order valence-electron chi connectivity index (χ3n) is 6.27. The summed E-state index contributed by atoms with van der Waals surface area (Å²) in [5.41, 5.74) is 4.38. The van der Waals surface area contributed by atoms with Gasteiger partial charge in [0.25, 0.3) is 0 Å². The average molecular weight is 473 g/mol. The fraction of sp³-hybridized carbons (Fsp3) is 0.269. The van der Waals surface area contributed by atoms with Gasteiger partial charge in [0.2, 0.25) is 0 Å². The third kappa shape index (κ3) is 4.50. The van der Waals surface area contributed by atoms with Gasteiger partial charge in [0, 0.05) is 23.5 Å². The molecule has 0 fully saturated rings. The lowest BCUT2D eigenvalue weighted by Gasteiger charge is -2.40. The Morgan fingerprint density at radius 3 is 2.30 bits per heavy atom. The molecule has 1 heterocycles. The number of nitrogens with one attached hydrogen (secondary N) is 1. The first-order valence-electron chi connectivity index (χ1n) is 10.6. The van der Waals surface area contributed by atoms with E-state index >= 15 is 0 Å². The van der Waals surface area contributed by atoms with Crippen molar-refractivity contribution in [3.8, 4) is 11.1 Å². The van der Waals surface area contributed by atoms with Crippen molar-refractivity contribution >= 4 is 28.7 Å². The van der Waals surface area contributed by atoms with Crippen LogP contribution in [0.3, 0.4) is 0 Å². The summed E-state index contributed by atoms with van der Waals surface area (Å²) in [6.07, 6.45) is -3.48. The van der Waals surface area contributed by atoms with E-state index in [0.717, 1.165) is 53.2 Å². The van der Waals surface area contributed by atoms with Crippen molar-refractivity contribution in [2.24, 2.45) is 0 Å². The van der Waals surface area contributed by atoms with E-state index in [1.807, 2.05) is 18.2 Å². The second kappa shape index (κ2) is 8.50. The van der Waals surface area contributed by atoms with Crippen LogP contribution in [0.2, 0.25) is 5.02 Å². The zero-order chi connectivity index (χ0) is 24.0. The molecule has 2 N–H and O–H groups in total. The monoisotopic (exact) mass is 472 g/mol. The van der Waals surface area contributed by atoms with Gasteiger partial charge in [0.05, 0.1) is 22.9 Å². The SMILES string of the molecule is CC1(C)CCN(c2ccc(C(=N)CO)c(Cl)c2)c2ccc(-c3ccc(C(F)(F)F)cc3)cc21. The van der Waals surface area contributed by atoms with E-state index in [0.29, 0.717) is 10.6 Å². The van der Waals surface area contributed by atoms with Gasteiger partial charge in [-0.05, 0) is 71.0 Å². The molecular formula is C26H24ClF3N2O. The van der Waals surface area contributed by atoms with Crippen LogP contribution < -0.4 is 4.90 Å². The molecule has 3 aromatic rings. The molecule has 0 amide bonds. The molecule has 1 aliphatic heterocycles. The van der Waals surface area contributed by atoms with Crippen molar-refractivity contribution in [1.82, 2.24) is 0 Å². The fourth-order valence-corrected chi connectivity index (χ4v) is 4.55. The summed E-state index contributed by atoms with van der Waals surface area (Å²) in [7, 11) is 0. The summed E-state index contributed by atoms with van der Waals surface area (Å²) in [6, 6.07) is 16.6. The zero-order valence-corrected chi connectivity index (χ0v) is 19.1. The molecule has 3 nitrogen and oxygen atoms in total. The number of anilines is 2. The third-order valence-corrected chi connectivity index (χ3v) is 6.58. The minimum Gasteiger partial charge on any atom is -0.390 e. The van der Waals surface area contributed by atoms with Gasteiger partial charge in [0.1, 0.15) is 0 Å². The first-order valence-corrected chi connectivity index (χ1v) is 11.0.